The van der Waals surface area contributed by atoms with Crippen molar-refractivity contribution in [2.75, 3.05) is 13.6 Å². The number of hydrogen-bond acceptors (Lipinski definition) is 4. The molecule has 0 aliphatic carbocycles. The number of nitroso groups, excluding NO2 is 1. The van der Waals surface area contributed by atoms with Gasteiger partial charge < -0.3 is 5.32 Å². The number of amides is 2. The molecule has 0 radical (unpaired) electrons. The third kappa shape index (κ3) is 8.32. The van der Waals surface area contributed by atoms with Crippen molar-refractivity contribution in [2.45, 2.75) is 32.6 Å². The number of nitrogens with one attached hydrogen (secondary N) is 1. The molecule has 0 rings (SSSR count). The van der Waals surface area contributed by atoms with Crippen molar-refractivity contribution in [1.82, 2.24) is 5.32 Å². The van der Waals surface area contributed by atoms with Gasteiger partial charge in [-0.25, -0.2) is 0 Å². The molecule has 0 fully saturated rings. The first-order valence-corrected chi connectivity index (χ1v) is 5.84. The minimum atomic E-state index is -0.710. The second kappa shape index (κ2) is 10.3. The molecule has 100 valence electrons. The molecule has 6 heteroatoms. The summed E-state index contributed by atoms with van der Waals surface area (Å²) in [4.78, 5) is 35.6. The molecule has 0 aromatic carbocycles. The van der Waals surface area contributed by atoms with Crippen molar-refractivity contribution >= 4 is 18.0 Å². The molecule has 6 nitrogen and oxygen atoms in total. The van der Waals surface area contributed by atoms with Crippen LogP contribution < -0.4 is 5.32 Å². The molecule has 0 aliphatic rings. The Labute approximate surface area is 107 Å². The van der Waals surface area contributed by atoms with Gasteiger partial charge in [-0.05, 0) is 25.3 Å². The minimum Gasteiger partial charge on any atom is -0.356 e. The van der Waals surface area contributed by atoms with E-state index in [1.54, 1.807) is 13.3 Å². The second-order valence-corrected chi connectivity index (χ2v) is 3.69. The number of carbonyl (C=O) groups is 2. The fourth-order valence-corrected chi connectivity index (χ4v) is 1.33. The zero-order chi connectivity index (χ0) is 13.8. The van der Waals surface area contributed by atoms with Crippen LogP contribution in [0.4, 0.5) is 0 Å². The van der Waals surface area contributed by atoms with Crippen LogP contribution in [0, 0.1) is 4.91 Å². The summed E-state index contributed by atoms with van der Waals surface area (Å²) in [7, 11) is 1.69. The molecular weight excluding hydrogens is 234 g/mol. The van der Waals surface area contributed by atoms with Gasteiger partial charge in [0.1, 0.15) is 0 Å². The van der Waals surface area contributed by atoms with Gasteiger partial charge in [-0.3, -0.25) is 14.6 Å². The third-order valence-corrected chi connectivity index (χ3v) is 2.30. The molecule has 0 heterocycles. The van der Waals surface area contributed by atoms with Crippen LogP contribution in [0.5, 0.6) is 0 Å². The lowest BCUT2D eigenvalue weighted by Crippen LogP contribution is -2.24. The normalized spacial score (nSPS) is 11.6. The highest BCUT2D eigenvalue weighted by molar-refractivity contribution is 5.80. The van der Waals surface area contributed by atoms with Crippen LogP contribution in [0.1, 0.15) is 32.6 Å². The number of nitrogens with zero attached hydrogens (tertiary/aromatic N) is 2. The van der Waals surface area contributed by atoms with Gasteiger partial charge >= 0.3 is 0 Å². The molecule has 0 atom stereocenters. The topological polar surface area (TPSA) is 88.0 Å². The van der Waals surface area contributed by atoms with E-state index >= 15 is 0 Å². The highest BCUT2D eigenvalue weighted by Gasteiger charge is 2.04. The summed E-state index contributed by atoms with van der Waals surface area (Å²) >= 11 is 0. The average molecular weight is 253 g/mol. The summed E-state index contributed by atoms with van der Waals surface area (Å²) in [6, 6.07) is 0. The molecule has 1 N–H and O–H groups in total. The van der Waals surface area contributed by atoms with E-state index in [9.17, 15) is 14.5 Å². The van der Waals surface area contributed by atoms with Crippen LogP contribution in [0.25, 0.3) is 0 Å². The largest absolute Gasteiger partial charge is 0.356 e. The van der Waals surface area contributed by atoms with Gasteiger partial charge in [-0.15, -0.1) is 4.91 Å². The Morgan fingerprint density at radius 2 is 1.94 bits per heavy atom. The summed E-state index contributed by atoms with van der Waals surface area (Å²) in [5, 5.41) is 5.00. The molecule has 0 aliphatic heterocycles. The first kappa shape index (κ1) is 16.1. The number of carbonyl (C=O) groups excluding carboxylic acids is 2. The van der Waals surface area contributed by atoms with Crippen LogP contribution in [-0.4, -0.2) is 31.6 Å². The lowest BCUT2D eigenvalue weighted by atomic mass is 10.2. The Balaban J connectivity index is 3.71. The third-order valence-electron chi connectivity index (χ3n) is 2.30. The van der Waals surface area contributed by atoms with Crippen LogP contribution in [0.2, 0.25) is 0 Å². The second-order valence-electron chi connectivity index (χ2n) is 3.69. The van der Waals surface area contributed by atoms with Crippen molar-refractivity contribution in [3.8, 4) is 0 Å². The standard InChI is InChI=1S/C12H19N3O3/c1-3-10(9-13-2)7-8-14-11(16)5-4-6-12(17)15-18/h3,9H,4-8H2,1-2H3,(H,14,16)/b10-3-,13-9-. The van der Waals surface area contributed by atoms with Crippen LogP contribution in [0.15, 0.2) is 21.8 Å². The smallest absolute Gasteiger partial charge is 0.286 e. The van der Waals surface area contributed by atoms with Crippen molar-refractivity contribution in [1.29, 1.82) is 0 Å². The van der Waals surface area contributed by atoms with E-state index in [1.165, 1.54) is 0 Å². The predicted octanol–water partition coefficient (Wildman–Crippen LogP) is 1.60. The molecule has 0 unspecified atom stereocenters. The summed E-state index contributed by atoms with van der Waals surface area (Å²) < 4.78 is 0. The highest BCUT2D eigenvalue weighted by Crippen LogP contribution is 1.99. The lowest BCUT2D eigenvalue weighted by molar-refractivity contribution is -0.121. The van der Waals surface area contributed by atoms with E-state index in [0.717, 1.165) is 5.57 Å². The molecule has 18 heavy (non-hydrogen) atoms. The zero-order valence-corrected chi connectivity index (χ0v) is 10.8. The van der Waals surface area contributed by atoms with E-state index in [2.05, 4.69) is 15.5 Å². The summed E-state index contributed by atoms with van der Waals surface area (Å²) in [6.07, 6.45) is 5.01. The van der Waals surface area contributed by atoms with Crippen molar-refractivity contribution in [3.63, 3.8) is 0 Å². The summed E-state index contributed by atoms with van der Waals surface area (Å²) in [5.74, 6) is -0.837. The van der Waals surface area contributed by atoms with Gasteiger partial charge in [0.15, 0.2) is 0 Å². The maximum atomic E-state index is 11.4. The SMILES string of the molecule is C/C=C(\C=N/C)CCNC(=O)CCCC(=O)N=O. The maximum absolute atomic E-state index is 11.4. The maximum Gasteiger partial charge on any atom is 0.286 e. The van der Waals surface area contributed by atoms with Gasteiger partial charge in [0.25, 0.3) is 5.91 Å². The molecule has 0 aromatic rings. The number of allylic oxidation sites excluding steroid dienone is 1. The van der Waals surface area contributed by atoms with Gasteiger partial charge in [-0.2, -0.15) is 0 Å². The van der Waals surface area contributed by atoms with Gasteiger partial charge in [0, 0.05) is 37.8 Å². The lowest BCUT2D eigenvalue weighted by Gasteiger charge is -2.04. The molecular formula is C12H19N3O3. The Hall–Kier alpha value is -1.85. The fraction of sp³-hybridized carbons (Fsp3) is 0.583. The molecule has 0 aromatic heterocycles. The van der Waals surface area contributed by atoms with E-state index < -0.39 is 5.91 Å². The quantitative estimate of drug-likeness (QED) is 0.526. The monoisotopic (exact) mass is 253 g/mol. The fourth-order valence-electron chi connectivity index (χ4n) is 1.33. The van der Waals surface area contributed by atoms with Crippen LogP contribution in [0.3, 0.4) is 0 Å². The van der Waals surface area contributed by atoms with Crippen LogP contribution >= 0.6 is 0 Å². The Morgan fingerprint density at radius 3 is 2.50 bits per heavy atom. The van der Waals surface area contributed by atoms with E-state index in [-0.39, 0.29) is 18.7 Å². The first-order valence-electron chi connectivity index (χ1n) is 5.84. The molecule has 0 spiro atoms. The van der Waals surface area contributed by atoms with Gasteiger partial charge in [0.2, 0.25) is 5.91 Å². The van der Waals surface area contributed by atoms with E-state index in [1.807, 2.05) is 13.0 Å². The van der Waals surface area contributed by atoms with Crippen molar-refractivity contribution in [3.05, 3.63) is 16.6 Å². The van der Waals surface area contributed by atoms with E-state index in [4.69, 9.17) is 0 Å². The Kier molecular flexibility index (Phi) is 9.25. The first-order chi connectivity index (χ1) is 8.63. The van der Waals surface area contributed by atoms with Crippen molar-refractivity contribution < 1.29 is 9.59 Å². The molecule has 0 saturated carbocycles. The van der Waals surface area contributed by atoms with Crippen molar-refractivity contribution in [2.24, 2.45) is 10.2 Å². The Morgan fingerprint density at radius 1 is 1.22 bits per heavy atom. The van der Waals surface area contributed by atoms with Gasteiger partial charge in [0.05, 0.1) is 0 Å². The van der Waals surface area contributed by atoms with Crippen LogP contribution in [-0.2, 0) is 9.59 Å². The van der Waals surface area contributed by atoms with E-state index in [0.29, 0.717) is 19.4 Å². The number of hydrogen-bond donors (Lipinski definition) is 1. The summed E-state index contributed by atoms with van der Waals surface area (Å²) in [6.45, 7) is 2.45. The minimum absolute atomic E-state index is 0.0273. The highest BCUT2D eigenvalue weighted by atomic mass is 16.3. The molecule has 0 bridgehead atoms. The predicted molar refractivity (Wildman–Crippen MR) is 70.5 cm³/mol. The van der Waals surface area contributed by atoms with Gasteiger partial charge in [-0.1, -0.05) is 6.08 Å². The zero-order valence-electron chi connectivity index (χ0n) is 10.8. The molecule has 2 amide bonds. The summed E-state index contributed by atoms with van der Waals surface area (Å²) in [5.41, 5.74) is 1.05. The average Bonchev–Trinajstić information content (AvgIpc) is 2.37. The number of aliphatic imine (C=N–C) groups is 1. The number of rotatable bonds is 8. The Bertz CT molecular complexity index is 348. The molecule has 0 saturated heterocycles.